The maximum Gasteiger partial charge on any atom is 0.123 e. The van der Waals surface area contributed by atoms with Gasteiger partial charge in [0.25, 0.3) is 0 Å². The molecule has 30 heavy (non-hydrogen) atoms. The lowest BCUT2D eigenvalue weighted by atomic mass is 9.86. The van der Waals surface area contributed by atoms with Crippen LogP contribution in [-0.4, -0.2) is 5.11 Å². The third kappa shape index (κ3) is 4.03. The molecule has 0 saturated heterocycles. The molecule has 3 aromatic rings. The zero-order chi connectivity index (χ0) is 20.9. The number of benzene rings is 3. The molecule has 0 aromatic heterocycles. The Morgan fingerprint density at radius 1 is 0.733 bits per heavy atom. The summed E-state index contributed by atoms with van der Waals surface area (Å²) < 4.78 is 0. The molecule has 0 radical (unpaired) electrons. The number of aromatic hydroxyl groups is 1. The van der Waals surface area contributed by atoms with Crippen molar-refractivity contribution >= 4 is 0 Å². The molecule has 1 aliphatic carbocycles. The minimum absolute atomic E-state index is 0.428. The van der Waals surface area contributed by atoms with E-state index in [2.05, 4.69) is 62.4 Å². The largest absolute Gasteiger partial charge is 0.507 e. The highest BCUT2D eigenvalue weighted by atomic mass is 16.3. The van der Waals surface area contributed by atoms with Crippen LogP contribution in [0, 0.1) is 0 Å². The normalized spacial score (nSPS) is 12.1. The van der Waals surface area contributed by atoms with Gasteiger partial charge in [-0.15, -0.1) is 0 Å². The van der Waals surface area contributed by atoms with E-state index in [4.69, 9.17) is 0 Å². The zero-order valence-electron chi connectivity index (χ0n) is 18.5. The summed E-state index contributed by atoms with van der Waals surface area (Å²) in [6, 6.07) is 19.3. The number of rotatable bonds is 9. The summed E-state index contributed by atoms with van der Waals surface area (Å²) in [7, 11) is 0. The minimum atomic E-state index is 0.428. The fourth-order valence-corrected chi connectivity index (χ4v) is 5.07. The quantitative estimate of drug-likeness (QED) is 0.282. The van der Waals surface area contributed by atoms with E-state index in [0.29, 0.717) is 5.75 Å². The fourth-order valence-electron chi connectivity index (χ4n) is 5.07. The van der Waals surface area contributed by atoms with Crippen LogP contribution in [0.15, 0.2) is 54.6 Å². The van der Waals surface area contributed by atoms with Crippen LogP contribution in [0.1, 0.15) is 74.6 Å². The van der Waals surface area contributed by atoms with Gasteiger partial charge in [-0.2, -0.15) is 0 Å². The van der Waals surface area contributed by atoms with Gasteiger partial charge in [0.15, 0.2) is 0 Å². The van der Waals surface area contributed by atoms with E-state index in [0.717, 1.165) is 24.8 Å². The van der Waals surface area contributed by atoms with Gasteiger partial charge in [-0.05, 0) is 70.7 Å². The second-order valence-corrected chi connectivity index (χ2v) is 8.63. The summed E-state index contributed by atoms with van der Waals surface area (Å²) in [4.78, 5) is 0. The highest BCUT2D eigenvalue weighted by Crippen LogP contribution is 2.45. The van der Waals surface area contributed by atoms with E-state index in [1.165, 1.54) is 77.5 Å². The molecule has 1 nitrogen and oxygen atoms in total. The molecule has 0 spiro atoms. The molecule has 0 atom stereocenters. The Hall–Kier alpha value is -2.54. The van der Waals surface area contributed by atoms with Crippen LogP contribution in [0.4, 0.5) is 0 Å². The predicted molar refractivity (Wildman–Crippen MR) is 128 cm³/mol. The van der Waals surface area contributed by atoms with Gasteiger partial charge in [-0.25, -0.2) is 0 Å². The van der Waals surface area contributed by atoms with Gasteiger partial charge in [-0.3, -0.25) is 0 Å². The first-order valence-electron chi connectivity index (χ1n) is 11.8. The number of fused-ring (bicyclic) bond motifs is 3. The van der Waals surface area contributed by atoms with Crippen molar-refractivity contribution < 1.29 is 5.11 Å². The van der Waals surface area contributed by atoms with E-state index in [1.807, 2.05) is 6.07 Å². The Balaban J connectivity index is 1.70. The fraction of sp³-hybridized carbons (Fsp3) is 0.379. The number of hydrogen-bond donors (Lipinski definition) is 1. The average molecular weight is 399 g/mol. The first-order chi connectivity index (χ1) is 14.7. The lowest BCUT2D eigenvalue weighted by Gasteiger charge is -2.19. The van der Waals surface area contributed by atoms with Gasteiger partial charge in [0.05, 0.1) is 0 Å². The molecule has 1 N–H and O–H groups in total. The van der Waals surface area contributed by atoms with Crippen LogP contribution in [-0.2, 0) is 19.3 Å². The number of hydrogen-bond acceptors (Lipinski definition) is 1. The Kier molecular flexibility index (Phi) is 6.57. The Morgan fingerprint density at radius 3 is 2.30 bits per heavy atom. The van der Waals surface area contributed by atoms with Crippen molar-refractivity contribution in [2.75, 3.05) is 0 Å². The Labute approximate surface area is 181 Å². The van der Waals surface area contributed by atoms with Crippen molar-refractivity contribution in [3.8, 4) is 28.0 Å². The number of phenolic OH excluding ortho intramolecular Hbond substituents is 1. The topological polar surface area (TPSA) is 20.2 Å². The smallest absolute Gasteiger partial charge is 0.123 e. The summed E-state index contributed by atoms with van der Waals surface area (Å²) in [6.45, 7) is 4.50. The van der Waals surface area contributed by atoms with E-state index < -0.39 is 0 Å². The SMILES string of the molecule is CCCCCCCCc1c(CC)ccc(O)c1-c1cccc2c1Cc1ccccc1-2. The molecule has 1 aliphatic rings. The van der Waals surface area contributed by atoms with Crippen LogP contribution >= 0.6 is 0 Å². The number of phenols is 1. The van der Waals surface area contributed by atoms with Crippen LogP contribution in [0.25, 0.3) is 22.3 Å². The molecule has 3 aromatic carbocycles. The molecule has 1 heteroatoms. The Morgan fingerprint density at radius 2 is 1.47 bits per heavy atom. The van der Waals surface area contributed by atoms with Crippen molar-refractivity contribution in [2.45, 2.75) is 71.6 Å². The average Bonchev–Trinajstić information content (AvgIpc) is 3.15. The number of unbranched alkanes of at least 4 members (excludes halogenated alkanes) is 5. The standard InChI is InChI=1S/C29H34O/c1-3-5-6-7-8-9-15-24-21(4-2)18-19-28(30)29(24)26-17-12-16-25-23-14-11-10-13-22(23)20-27(25)26/h10-14,16-19,30H,3-9,15,20H2,1-2H3. The summed E-state index contributed by atoms with van der Waals surface area (Å²) in [5, 5.41) is 11.0. The van der Waals surface area contributed by atoms with E-state index in [1.54, 1.807) is 0 Å². The molecule has 0 saturated carbocycles. The third-order valence-electron chi connectivity index (χ3n) is 6.67. The first-order valence-corrected chi connectivity index (χ1v) is 11.8. The van der Waals surface area contributed by atoms with Crippen molar-refractivity contribution in [2.24, 2.45) is 0 Å². The molecule has 0 aliphatic heterocycles. The second kappa shape index (κ2) is 9.51. The lowest BCUT2D eigenvalue weighted by Crippen LogP contribution is -2.00. The van der Waals surface area contributed by atoms with Crippen LogP contribution in [0.5, 0.6) is 5.75 Å². The van der Waals surface area contributed by atoms with Crippen LogP contribution < -0.4 is 0 Å². The van der Waals surface area contributed by atoms with Gasteiger partial charge >= 0.3 is 0 Å². The highest BCUT2D eigenvalue weighted by Gasteiger charge is 2.24. The molecule has 4 rings (SSSR count). The summed E-state index contributed by atoms with van der Waals surface area (Å²) in [5.74, 6) is 0.428. The predicted octanol–water partition coefficient (Wildman–Crippen LogP) is 8.10. The van der Waals surface area contributed by atoms with Gasteiger partial charge in [0, 0.05) is 5.56 Å². The van der Waals surface area contributed by atoms with Gasteiger partial charge in [-0.1, -0.05) is 94.5 Å². The summed E-state index contributed by atoms with van der Waals surface area (Å²) in [6.07, 6.45) is 10.8. The van der Waals surface area contributed by atoms with Gasteiger partial charge < -0.3 is 5.11 Å². The van der Waals surface area contributed by atoms with E-state index in [9.17, 15) is 5.11 Å². The second-order valence-electron chi connectivity index (χ2n) is 8.63. The molecular weight excluding hydrogens is 364 g/mol. The molecule has 0 amide bonds. The van der Waals surface area contributed by atoms with Crippen molar-refractivity contribution in [1.29, 1.82) is 0 Å². The summed E-state index contributed by atoms with van der Waals surface area (Å²) in [5.41, 5.74) is 10.5. The summed E-state index contributed by atoms with van der Waals surface area (Å²) >= 11 is 0. The van der Waals surface area contributed by atoms with Gasteiger partial charge in [0.1, 0.15) is 5.75 Å². The van der Waals surface area contributed by atoms with Crippen molar-refractivity contribution in [1.82, 2.24) is 0 Å². The van der Waals surface area contributed by atoms with Crippen molar-refractivity contribution in [3.05, 3.63) is 76.9 Å². The highest BCUT2D eigenvalue weighted by molar-refractivity contribution is 5.87. The maximum atomic E-state index is 11.0. The third-order valence-corrected chi connectivity index (χ3v) is 6.67. The molecule has 156 valence electrons. The molecular formula is C29H34O. The van der Waals surface area contributed by atoms with Crippen LogP contribution in [0.3, 0.4) is 0 Å². The van der Waals surface area contributed by atoms with E-state index in [-0.39, 0.29) is 0 Å². The Bertz CT molecular complexity index is 1010. The van der Waals surface area contributed by atoms with Gasteiger partial charge in [0.2, 0.25) is 0 Å². The monoisotopic (exact) mass is 398 g/mol. The molecule has 0 bridgehead atoms. The first kappa shape index (κ1) is 20.7. The zero-order valence-corrected chi connectivity index (χ0v) is 18.5. The van der Waals surface area contributed by atoms with Crippen LogP contribution in [0.2, 0.25) is 0 Å². The van der Waals surface area contributed by atoms with Crippen molar-refractivity contribution in [3.63, 3.8) is 0 Å². The molecule has 0 heterocycles. The molecule has 0 fully saturated rings. The lowest BCUT2D eigenvalue weighted by molar-refractivity contribution is 0.476. The minimum Gasteiger partial charge on any atom is -0.507 e. The van der Waals surface area contributed by atoms with E-state index >= 15 is 0 Å². The molecule has 0 unspecified atom stereocenters. The maximum absolute atomic E-state index is 11.0. The number of aryl methyl sites for hydroxylation is 1.